The summed E-state index contributed by atoms with van der Waals surface area (Å²) in [5, 5.41) is 13.9. The minimum atomic E-state index is -0.187. The standard InChI is InChI=1S/C22H23N3O4S/c1-14-3-5-17(6-4-14)23-22(30)25(7-2-8-26)12-16-9-15-10-19-20(29-13-28-19)11-18(15)24-21(16)27/h3-6,9-11,26H,2,7-8,12-13H2,1H3,(H,23,30)(H,24,27). The molecule has 2 heterocycles. The Morgan fingerprint density at radius 2 is 1.93 bits per heavy atom. The van der Waals surface area contributed by atoms with Gasteiger partial charge in [0.05, 0.1) is 12.1 Å². The highest BCUT2D eigenvalue weighted by Crippen LogP contribution is 2.35. The molecular formula is C22H23N3O4S. The molecule has 3 aromatic rings. The van der Waals surface area contributed by atoms with Crippen molar-refractivity contribution in [1.82, 2.24) is 9.88 Å². The van der Waals surface area contributed by atoms with Gasteiger partial charge in [0.15, 0.2) is 16.6 Å². The van der Waals surface area contributed by atoms with E-state index in [1.54, 1.807) is 6.07 Å². The summed E-state index contributed by atoms with van der Waals surface area (Å²) in [6, 6.07) is 13.4. The number of aromatic amines is 1. The van der Waals surface area contributed by atoms with Crippen LogP contribution in [0.15, 0.2) is 47.3 Å². The van der Waals surface area contributed by atoms with Crippen molar-refractivity contribution in [2.24, 2.45) is 0 Å². The van der Waals surface area contributed by atoms with E-state index in [1.807, 2.05) is 48.2 Å². The van der Waals surface area contributed by atoms with E-state index in [0.29, 0.717) is 47.2 Å². The summed E-state index contributed by atoms with van der Waals surface area (Å²) in [5.74, 6) is 1.29. The molecule has 0 radical (unpaired) electrons. The number of hydrogen-bond acceptors (Lipinski definition) is 5. The van der Waals surface area contributed by atoms with Crippen LogP contribution in [0.2, 0.25) is 0 Å². The number of H-pyrrole nitrogens is 1. The van der Waals surface area contributed by atoms with Crippen molar-refractivity contribution in [1.29, 1.82) is 0 Å². The molecule has 30 heavy (non-hydrogen) atoms. The second-order valence-electron chi connectivity index (χ2n) is 7.21. The fourth-order valence-electron chi connectivity index (χ4n) is 3.32. The molecule has 0 amide bonds. The van der Waals surface area contributed by atoms with E-state index in [2.05, 4.69) is 10.3 Å². The van der Waals surface area contributed by atoms with Gasteiger partial charge < -0.3 is 29.8 Å². The highest BCUT2D eigenvalue weighted by atomic mass is 32.1. The summed E-state index contributed by atoms with van der Waals surface area (Å²) in [4.78, 5) is 17.5. The number of aliphatic hydroxyl groups is 1. The first-order chi connectivity index (χ1) is 14.5. The van der Waals surface area contributed by atoms with E-state index in [9.17, 15) is 9.90 Å². The van der Waals surface area contributed by atoms with Crippen LogP contribution in [0.3, 0.4) is 0 Å². The minimum Gasteiger partial charge on any atom is -0.454 e. The average molecular weight is 426 g/mol. The van der Waals surface area contributed by atoms with Crippen LogP contribution in [-0.4, -0.2) is 40.0 Å². The van der Waals surface area contributed by atoms with Crippen LogP contribution >= 0.6 is 12.2 Å². The predicted octanol–water partition coefficient (Wildman–Crippen LogP) is 3.15. The van der Waals surface area contributed by atoms with Gasteiger partial charge in [0.2, 0.25) is 6.79 Å². The molecular weight excluding hydrogens is 402 g/mol. The Balaban J connectivity index is 1.58. The third-order valence-electron chi connectivity index (χ3n) is 4.95. The van der Waals surface area contributed by atoms with Crippen LogP contribution in [0.5, 0.6) is 11.5 Å². The molecule has 8 heteroatoms. The topological polar surface area (TPSA) is 86.8 Å². The number of pyridine rings is 1. The Morgan fingerprint density at radius 3 is 2.67 bits per heavy atom. The van der Waals surface area contributed by atoms with Crippen molar-refractivity contribution in [3.05, 3.63) is 63.9 Å². The highest BCUT2D eigenvalue weighted by molar-refractivity contribution is 7.80. The van der Waals surface area contributed by atoms with Gasteiger partial charge in [-0.2, -0.15) is 0 Å². The zero-order valence-corrected chi connectivity index (χ0v) is 17.4. The van der Waals surface area contributed by atoms with E-state index < -0.39 is 0 Å². The van der Waals surface area contributed by atoms with Gasteiger partial charge in [0.25, 0.3) is 5.56 Å². The van der Waals surface area contributed by atoms with Crippen LogP contribution < -0.4 is 20.3 Å². The quantitative estimate of drug-likeness (QED) is 0.523. The summed E-state index contributed by atoms with van der Waals surface area (Å²) in [6.45, 7) is 3.08. The lowest BCUT2D eigenvalue weighted by Gasteiger charge is -2.25. The summed E-state index contributed by atoms with van der Waals surface area (Å²) < 4.78 is 10.8. The van der Waals surface area contributed by atoms with Gasteiger partial charge in [0.1, 0.15) is 0 Å². The molecule has 1 aliphatic rings. The largest absolute Gasteiger partial charge is 0.454 e. The van der Waals surface area contributed by atoms with E-state index in [-0.39, 0.29) is 19.0 Å². The number of fused-ring (bicyclic) bond motifs is 2. The second-order valence-corrected chi connectivity index (χ2v) is 7.60. The van der Waals surface area contributed by atoms with E-state index in [0.717, 1.165) is 16.6 Å². The smallest absolute Gasteiger partial charge is 0.253 e. The zero-order valence-electron chi connectivity index (χ0n) is 16.6. The van der Waals surface area contributed by atoms with Gasteiger partial charge >= 0.3 is 0 Å². The molecule has 2 aromatic carbocycles. The maximum absolute atomic E-state index is 12.7. The molecule has 7 nitrogen and oxygen atoms in total. The molecule has 0 atom stereocenters. The molecule has 0 saturated heterocycles. The Kier molecular flexibility index (Phi) is 5.87. The monoisotopic (exact) mass is 425 g/mol. The van der Waals surface area contributed by atoms with Gasteiger partial charge in [-0.1, -0.05) is 17.7 Å². The fourth-order valence-corrected chi connectivity index (χ4v) is 3.59. The van der Waals surface area contributed by atoms with E-state index in [4.69, 9.17) is 21.7 Å². The lowest BCUT2D eigenvalue weighted by molar-refractivity contribution is 0.174. The van der Waals surface area contributed by atoms with Gasteiger partial charge in [-0.3, -0.25) is 4.79 Å². The molecule has 156 valence electrons. The van der Waals surface area contributed by atoms with Crippen molar-refractivity contribution in [2.45, 2.75) is 19.9 Å². The molecule has 0 spiro atoms. The number of anilines is 1. The Labute approximate surface area is 179 Å². The molecule has 1 aliphatic heterocycles. The average Bonchev–Trinajstić information content (AvgIpc) is 3.18. The number of aromatic nitrogens is 1. The maximum atomic E-state index is 12.7. The van der Waals surface area contributed by atoms with Crippen LogP contribution in [0.25, 0.3) is 10.9 Å². The van der Waals surface area contributed by atoms with Gasteiger partial charge in [0, 0.05) is 35.9 Å². The minimum absolute atomic E-state index is 0.0429. The first-order valence-corrected chi connectivity index (χ1v) is 10.1. The van der Waals surface area contributed by atoms with Crippen LogP contribution in [0, 0.1) is 6.92 Å². The summed E-state index contributed by atoms with van der Waals surface area (Å²) >= 11 is 5.59. The number of benzene rings is 2. The molecule has 1 aromatic heterocycles. The Bertz CT molecular complexity index is 1130. The van der Waals surface area contributed by atoms with Crippen molar-refractivity contribution >= 4 is 33.9 Å². The lowest BCUT2D eigenvalue weighted by Crippen LogP contribution is -2.37. The number of rotatable bonds is 6. The zero-order chi connectivity index (χ0) is 21.1. The van der Waals surface area contributed by atoms with Crippen LogP contribution in [-0.2, 0) is 6.54 Å². The van der Waals surface area contributed by atoms with Crippen LogP contribution in [0.1, 0.15) is 17.5 Å². The summed E-state index contributed by atoms with van der Waals surface area (Å²) in [6.07, 6.45) is 0.542. The first kappa shape index (κ1) is 20.2. The van der Waals surface area contributed by atoms with E-state index >= 15 is 0 Å². The third-order valence-corrected chi connectivity index (χ3v) is 5.31. The molecule has 0 unspecified atom stereocenters. The number of aryl methyl sites for hydroxylation is 1. The fraction of sp³-hybridized carbons (Fsp3) is 0.273. The van der Waals surface area contributed by atoms with Gasteiger partial charge in [-0.15, -0.1) is 0 Å². The molecule has 0 fully saturated rings. The van der Waals surface area contributed by atoms with Gasteiger partial charge in [-0.05, 0) is 49.8 Å². The van der Waals surface area contributed by atoms with E-state index in [1.165, 1.54) is 0 Å². The number of nitrogens with one attached hydrogen (secondary N) is 2. The van der Waals surface area contributed by atoms with Gasteiger partial charge in [-0.25, -0.2) is 0 Å². The Hall–Kier alpha value is -3.10. The van der Waals surface area contributed by atoms with Crippen molar-refractivity contribution in [3.63, 3.8) is 0 Å². The van der Waals surface area contributed by atoms with Crippen molar-refractivity contribution < 1.29 is 14.6 Å². The first-order valence-electron chi connectivity index (χ1n) is 9.72. The normalized spacial score (nSPS) is 12.2. The number of nitrogens with zero attached hydrogens (tertiary/aromatic N) is 1. The Morgan fingerprint density at radius 1 is 1.20 bits per heavy atom. The van der Waals surface area contributed by atoms with Crippen molar-refractivity contribution in [3.8, 4) is 11.5 Å². The summed E-state index contributed by atoms with van der Waals surface area (Å²) in [7, 11) is 0. The number of hydrogen-bond donors (Lipinski definition) is 3. The van der Waals surface area contributed by atoms with Crippen LogP contribution in [0.4, 0.5) is 5.69 Å². The second kappa shape index (κ2) is 8.73. The number of aliphatic hydroxyl groups excluding tert-OH is 1. The highest BCUT2D eigenvalue weighted by Gasteiger charge is 2.17. The lowest BCUT2D eigenvalue weighted by atomic mass is 10.1. The summed E-state index contributed by atoms with van der Waals surface area (Å²) in [5.41, 5.74) is 3.11. The molecule has 4 rings (SSSR count). The predicted molar refractivity (Wildman–Crippen MR) is 120 cm³/mol. The SMILES string of the molecule is Cc1ccc(NC(=S)N(CCCO)Cc2cc3cc4c(cc3[nH]c2=O)OCO4)cc1. The maximum Gasteiger partial charge on any atom is 0.253 e. The molecule has 0 aliphatic carbocycles. The number of thiocarbonyl (C=S) groups is 1. The molecule has 0 saturated carbocycles. The number of ether oxygens (including phenoxy) is 2. The third kappa shape index (κ3) is 4.39. The molecule has 0 bridgehead atoms. The van der Waals surface area contributed by atoms with Crippen molar-refractivity contribution in [2.75, 3.05) is 25.3 Å². The molecule has 3 N–H and O–H groups in total.